The van der Waals surface area contributed by atoms with E-state index in [9.17, 15) is 0 Å². The average Bonchev–Trinajstić information content (AvgIpc) is 2.87. The second kappa shape index (κ2) is 6.68. The first-order chi connectivity index (χ1) is 9.31. The number of hydrogen-bond donors (Lipinski definition) is 1. The second-order valence-electron chi connectivity index (χ2n) is 4.43. The van der Waals surface area contributed by atoms with Gasteiger partial charge in [0, 0.05) is 10.9 Å². The molecule has 0 amide bonds. The number of thiazole rings is 1. The molecule has 2 nitrogen and oxygen atoms in total. The van der Waals surface area contributed by atoms with E-state index in [0.29, 0.717) is 5.13 Å². The number of nitrogens with zero attached hydrogens (tertiary/aromatic N) is 1. The van der Waals surface area contributed by atoms with Crippen LogP contribution in [0.5, 0.6) is 0 Å². The lowest BCUT2D eigenvalue weighted by Crippen LogP contribution is -1.88. The van der Waals surface area contributed by atoms with Crippen molar-refractivity contribution in [2.24, 2.45) is 0 Å². The molecule has 20 heavy (non-hydrogen) atoms. The Kier molecular flexibility index (Phi) is 4.93. The number of halogens is 1. The van der Waals surface area contributed by atoms with Gasteiger partial charge >= 0.3 is 0 Å². The third kappa shape index (κ3) is 3.46. The topological polar surface area (TPSA) is 38.9 Å². The Hall–Kier alpha value is -1.65. The molecule has 0 bridgehead atoms. The van der Waals surface area contributed by atoms with Crippen molar-refractivity contribution in [3.05, 3.63) is 71.1 Å². The normalized spacial score (nSPS) is 10.0. The van der Waals surface area contributed by atoms with Gasteiger partial charge in [0.1, 0.15) is 0 Å². The summed E-state index contributed by atoms with van der Waals surface area (Å²) in [6.45, 7) is 0. The van der Waals surface area contributed by atoms with Crippen molar-refractivity contribution in [1.29, 1.82) is 0 Å². The molecule has 0 radical (unpaired) electrons. The molecule has 0 unspecified atom stereocenters. The zero-order chi connectivity index (χ0) is 13.1. The maximum absolute atomic E-state index is 5.66. The van der Waals surface area contributed by atoms with Crippen LogP contribution in [0.2, 0.25) is 0 Å². The summed E-state index contributed by atoms with van der Waals surface area (Å²) < 4.78 is 0. The van der Waals surface area contributed by atoms with Gasteiger partial charge in [-0.3, -0.25) is 0 Å². The van der Waals surface area contributed by atoms with Crippen LogP contribution in [-0.4, -0.2) is 4.98 Å². The summed E-state index contributed by atoms with van der Waals surface area (Å²) in [6, 6.07) is 19.0. The lowest BCUT2D eigenvalue weighted by atomic mass is 10.0. The summed E-state index contributed by atoms with van der Waals surface area (Å²) in [4.78, 5) is 4.29. The highest BCUT2D eigenvalue weighted by atomic mass is 79.9. The number of nitrogen functional groups attached to an aromatic ring is 1. The molecule has 0 aliphatic carbocycles. The van der Waals surface area contributed by atoms with Crippen LogP contribution in [0.25, 0.3) is 11.3 Å². The van der Waals surface area contributed by atoms with Crippen molar-refractivity contribution in [2.75, 3.05) is 5.73 Å². The minimum Gasteiger partial charge on any atom is -0.375 e. The smallest absolute Gasteiger partial charge is 0.180 e. The summed E-state index contributed by atoms with van der Waals surface area (Å²) in [5.41, 5.74) is 10.4. The Labute approximate surface area is 133 Å². The fraction of sp³-hybridized carbons (Fsp3) is 0.0625. The first kappa shape index (κ1) is 14.8. The van der Waals surface area contributed by atoms with Crippen LogP contribution in [0.15, 0.2) is 60.0 Å². The van der Waals surface area contributed by atoms with Crippen molar-refractivity contribution in [2.45, 2.75) is 6.42 Å². The van der Waals surface area contributed by atoms with Gasteiger partial charge in [-0.25, -0.2) is 4.98 Å². The molecular formula is C16H15BrN2S. The standard InChI is InChI=1S/C16H14N2S.BrH/c17-16-18-15(11-19-16)14-8-6-13(7-9-14)10-12-4-2-1-3-5-12;/h1-9,11H,10H2,(H2,17,18);1H. The van der Waals surface area contributed by atoms with Crippen molar-refractivity contribution in [3.8, 4) is 11.3 Å². The first-order valence-electron chi connectivity index (χ1n) is 6.15. The van der Waals surface area contributed by atoms with Gasteiger partial charge in [0.25, 0.3) is 0 Å². The Morgan fingerprint density at radius 3 is 2.15 bits per heavy atom. The largest absolute Gasteiger partial charge is 0.375 e. The quantitative estimate of drug-likeness (QED) is 0.754. The van der Waals surface area contributed by atoms with Gasteiger partial charge in [0.2, 0.25) is 0 Å². The lowest BCUT2D eigenvalue weighted by Gasteiger charge is -2.03. The van der Waals surface area contributed by atoms with E-state index in [0.717, 1.165) is 17.7 Å². The molecule has 0 saturated carbocycles. The highest BCUT2D eigenvalue weighted by Crippen LogP contribution is 2.23. The molecule has 1 heterocycles. The Balaban J connectivity index is 0.00000147. The SMILES string of the molecule is Br.Nc1nc(-c2ccc(Cc3ccccc3)cc2)cs1. The van der Waals surface area contributed by atoms with Gasteiger partial charge in [0.05, 0.1) is 5.69 Å². The second-order valence-corrected chi connectivity index (χ2v) is 5.32. The molecule has 4 heteroatoms. The monoisotopic (exact) mass is 346 g/mol. The number of hydrogen-bond acceptors (Lipinski definition) is 3. The van der Waals surface area contributed by atoms with Crippen LogP contribution in [0.3, 0.4) is 0 Å². The molecular weight excluding hydrogens is 332 g/mol. The summed E-state index contributed by atoms with van der Waals surface area (Å²) in [7, 11) is 0. The van der Waals surface area contributed by atoms with Crippen molar-refractivity contribution in [1.82, 2.24) is 4.98 Å². The molecule has 0 atom stereocenters. The van der Waals surface area contributed by atoms with Crippen LogP contribution >= 0.6 is 28.3 Å². The molecule has 0 aliphatic rings. The highest BCUT2D eigenvalue weighted by molar-refractivity contribution is 8.93. The minimum atomic E-state index is 0. The average molecular weight is 347 g/mol. The van der Waals surface area contributed by atoms with E-state index in [1.54, 1.807) is 0 Å². The van der Waals surface area contributed by atoms with E-state index < -0.39 is 0 Å². The van der Waals surface area contributed by atoms with Gasteiger partial charge in [-0.05, 0) is 17.5 Å². The maximum atomic E-state index is 5.66. The summed E-state index contributed by atoms with van der Waals surface area (Å²) in [5, 5.41) is 2.60. The molecule has 2 aromatic carbocycles. The zero-order valence-corrected chi connectivity index (χ0v) is 13.4. The molecule has 0 spiro atoms. The number of benzene rings is 2. The van der Waals surface area contributed by atoms with Crippen LogP contribution in [0.1, 0.15) is 11.1 Å². The third-order valence-electron chi connectivity index (χ3n) is 3.02. The molecule has 0 aliphatic heterocycles. The fourth-order valence-corrected chi connectivity index (χ4v) is 2.62. The first-order valence-corrected chi connectivity index (χ1v) is 7.03. The number of anilines is 1. The Morgan fingerprint density at radius 1 is 0.900 bits per heavy atom. The van der Waals surface area contributed by atoms with E-state index in [1.807, 2.05) is 11.4 Å². The van der Waals surface area contributed by atoms with E-state index in [2.05, 4.69) is 53.5 Å². The van der Waals surface area contributed by atoms with Crippen molar-refractivity contribution >= 4 is 33.4 Å². The van der Waals surface area contributed by atoms with Crippen LogP contribution in [-0.2, 0) is 6.42 Å². The van der Waals surface area contributed by atoms with Gasteiger partial charge in [-0.15, -0.1) is 28.3 Å². The van der Waals surface area contributed by atoms with E-state index in [1.165, 1.54) is 22.5 Å². The zero-order valence-electron chi connectivity index (χ0n) is 10.8. The van der Waals surface area contributed by atoms with E-state index >= 15 is 0 Å². The Morgan fingerprint density at radius 2 is 1.55 bits per heavy atom. The van der Waals surface area contributed by atoms with Crippen LogP contribution in [0, 0.1) is 0 Å². The van der Waals surface area contributed by atoms with Crippen molar-refractivity contribution in [3.63, 3.8) is 0 Å². The number of aromatic nitrogens is 1. The Bertz CT molecular complexity index is 662. The molecule has 3 aromatic rings. The van der Waals surface area contributed by atoms with Crippen LogP contribution in [0.4, 0.5) is 5.13 Å². The molecule has 0 saturated heterocycles. The van der Waals surface area contributed by atoms with E-state index in [4.69, 9.17) is 5.73 Å². The minimum absolute atomic E-state index is 0. The predicted octanol–water partition coefficient (Wildman–Crippen LogP) is 4.56. The molecule has 102 valence electrons. The third-order valence-corrected chi connectivity index (χ3v) is 3.70. The highest BCUT2D eigenvalue weighted by Gasteiger charge is 2.02. The van der Waals surface area contributed by atoms with Gasteiger partial charge in [-0.2, -0.15) is 0 Å². The van der Waals surface area contributed by atoms with Crippen molar-refractivity contribution < 1.29 is 0 Å². The van der Waals surface area contributed by atoms with E-state index in [-0.39, 0.29) is 17.0 Å². The molecule has 3 rings (SSSR count). The maximum Gasteiger partial charge on any atom is 0.180 e. The molecule has 2 N–H and O–H groups in total. The predicted molar refractivity (Wildman–Crippen MR) is 91.5 cm³/mol. The van der Waals surface area contributed by atoms with Gasteiger partial charge < -0.3 is 5.73 Å². The molecule has 0 fully saturated rings. The number of nitrogens with two attached hydrogens (primary N) is 1. The van der Waals surface area contributed by atoms with Gasteiger partial charge in [0.15, 0.2) is 5.13 Å². The van der Waals surface area contributed by atoms with Gasteiger partial charge in [-0.1, -0.05) is 54.6 Å². The summed E-state index contributed by atoms with van der Waals surface area (Å²) in [6.07, 6.45) is 0.959. The van der Waals surface area contributed by atoms with Crippen LogP contribution < -0.4 is 5.73 Å². The fourth-order valence-electron chi connectivity index (χ4n) is 2.05. The summed E-state index contributed by atoms with van der Waals surface area (Å²) in [5.74, 6) is 0. The molecule has 1 aromatic heterocycles. The summed E-state index contributed by atoms with van der Waals surface area (Å²) >= 11 is 1.47. The lowest BCUT2D eigenvalue weighted by molar-refractivity contribution is 1.19. The number of rotatable bonds is 3.